The molecule has 0 aromatic heterocycles. The lowest BCUT2D eigenvalue weighted by Gasteiger charge is -2.22. The summed E-state index contributed by atoms with van der Waals surface area (Å²) >= 11 is 0. The molecule has 0 fully saturated rings. The second-order valence-electron chi connectivity index (χ2n) is 5.07. The van der Waals surface area contributed by atoms with Crippen LogP contribution in [0, 0.1) is 13.8 Å². The maximum atomic E-state index is 13.4. The zero-order valence-corrected chi connectivity index (χ0v) is 11.6. The fourth-order valence-electron chi connectivity index (χ4n) is 2.18. The van der Waals surface area contributed by atoms with Gasteiger partial charge in [-0.2, -0.15) is 13.2 Å². The van der Waals surface area contributed by atoms with Crippen LogP contribution < -0.4 is 0 Å². The first-order valence-electron chi connectivity index (χ1n) is 6.36. The summed E-state index contributed by atoms with van der Waals surface area (Å²) in [6, 6.07) is 7.79. The molecule has 0 saturated carbocycles. The average molecular weight is 296 g/mol. The molecule has 0 saturated heterocycles. The summed E-state index contributed by atoms with van der Waals surface area (Å²) in [6.07, 6.45) is -4.52. The van der Waals surface area contributed by atoms with Crippen LogP contribution in [-0.2, 0) is 0 Å². The van der Waals surface area contributed by atoms with E-state index in [2.05, 4.69) is 0 Å². The molecule has 0 aliphatic rings. The Morgan fingerprint density at radius 3 is 1.48 bits per heavy atom. The molecule has 21 heavy (non-hydrogen) atoms. The smallest absolute Gasteiger partial charge is 0.399 e. The third-order valence-electron chi connectivity index (χ3n) is 3.46. The lowest BCUT2D eigenvalue weighted by molar-refractivity contribution is -0.141. The number of phenols is 2. The van der Waals surface area contributed by atoms with E-state index in [9.17, 15) is 23.4 Å². The van der Waals surface area contributed by atoms with Gasteiger partial charge in [0.15, 0.2) is 0 Å². The van der Waals surface area contributed by atoms with E-state index in [0.29, 0.717) is 11.1 Å². The summed E-state index contributed by atoms with van der Waals surface area (Å²) in [6.45, 7) is 3.22. The normalized spacial score (nSPS) is 11.9. The maximum absolute atomic E-state index is 13.4. The Labute approximate surface area is 120 Å². The van der Waals surface area contributed by atoms with Crippen LogP contribution >= 0.6 is 0 Å². The Morgan fingerprint density at radius 1 is 0.810 bits per heavy atom. The zero-order valence-electron chi connectivity index (χ0n) is 11.6. The van der Waals surface area contributed by atoms with Crippen LogP contribution in [0.5, 0.6) is 11.5 Å². The molecule has 2 N–H and O–H groups in total. The first kappa shape index (κ1) is 15.2. The Hall–Kier alpha value is -2.17. The molecular formula is C16H15F3O2. The van der Waals surface area contributed by atoms with Crippen molar-refractivity contribution in [1.29, 1.82) is 0 Å². The summed E-state index contributed by atoms with van der Waals surface area (Å²) in [5, 5.41) is 19.3. The predicted octanol–water partition coefficient (Wildman–Crippen LogP) is 4.41. The Bertz CT molecular complexity index is 612. The van der Waals surface area contributed by atoms with Gasteiger partial charge in [0.2, 0.25) is 0 Å². The van der Waals surface area contributed by atoms with Gasteiger partial charge in [-0.05, 0) is 48.2 Å². The Kier molecular flexibility index (Phi) is 3.85. The van der Waals surface area contributed by atoms with Gasteiger partial charge in [0.05, 0.1) is 0 Å². The first-order valence-corrected chi connectivity index (χ1v) is 6.36. The molecule has 5 heteroatoms. The van der Waals surface area contributed by atoms with Crippen LogP contribution in [0.2, 0.25) is 0 Å². The summed E-state index contributed by atoms with van der Waals surface area (Å²) in [4.78, 5) is 0. The highest BCUT2D eigenvalue weighted by Crippen LogP contribution is 2.42. The number of phenolic OH excluding ortho intramolecular Hbond substituents is 2. The third-order valence-corrected chi connectivity index (χ3v) is 3.46. The molecule has 2 rings (SSSR count). The topological polar surface area (TPSA) is 40.5 Å². The van der Waals surface area contributed by atoms with Gasteiger partial charge in [0.25, 0.3) is 0 Å². The molecule has 0 bridgehead atoms. The number of alkyl halides is 3. The highest BCUT2D eigenvalue weighted by atomic mass is 19.4. The van der Waals surface area contributed by atoms with Crippen molar-refractivity contribution in [2.24, 2.45) is 0 Å². The molecule has 0 heterocycles. The highest BCUT2D eigenvalue weighted by Gasteiger charge is 2.42. The van der Waals surface area contributed by atoms with E-state index >= 15 is 0 Å². The minimum atomic E-state index is -4.52. The molecule has 0 radical (unpaired) electrons. The van der Waals surface area contributed by atoms with Crippen LogP contribution in [0.15, 0.2) is 36.4 Å². The largest absolute Gasteiger partial charge is 0.508 e. The minimum absolute atomic E-state index is 0.0612. The van der Waals surface area contributed by atoms with Crippen molar-refractivity contribution < 1.29 is 23.4 Å². The number of hydrogen-bond acceptors (Lipinski definition) is 2. The molecule has 2 nitrogen and oxygen atoms in total. The summed E-state index contributed by atoms with van der Waals surface area (Å²) in [5.41, 5.74) is 0.889. The molecule has 0 aliphatic carbocycles. The minimum Gasteiger partial charge on any atom is -0.508 e. The first-order chi connectivity index (χ1) is 9.70. The fourth-order valence-corrected chi connectivity index (χ4v) is 2.18. The number of rotatable bonds is 2. The van der Waals surface area contributed by atoms with Crippen molar-refractivity contribution in [2.75, 3.05) is 0 Å². The van der Waals surface area contributed by atoms with E-state index in [0.717, 1.165) is 12.1 Å². The van der Waals surface area contributed by atoms with Gasteiger partial charge >= 0.3 is 6.18 Å². The SMILES string of the molecule is Cc1ccc(C(c2ccc(C)c(O)c2)C(F)(F)F)cc1O. The summed E-state index contributed by atoms with van der Waals surface area (Å²) < 4.78 is 40.2. The number of hydrogen-bond donors (Lipinski definition) is 2. The van der Waals surface area contributed by atoms with E-state index in [1.165, 1.54) is 24.3 Å². The molecular weight excluding hydrogens is 281 g/mol. The van der Waals surface area contributed by atoms with Crippen molar-refractivity contribution in [3.8, 4) is 11.5 Å². The quantitative estimate of drug-likeness (QED) is 0.862. The lowest BCUT2D eigenvalue weighted by atomic mass is 9.89. The third kappa shape index (κ3) is 3.12. The zero-order chi connectivity index (χ0) is 15.8. The molecule has 0 spiro atoms. The van der Waals surface area contributed by atoms with Crippen LogP contribution in [0.3, 0.4) is 0 Å². The fraction of sp³-hybridized carbons (Fsp3) is 0.250. The van der Waals surface area contributed by atoms with Gasteiger partial charge in [-0.1, -0.05) is 24.3 Å². The van der Waals surface area contributed by atoms with E-state index in [4.69, 9.17) is 0 Å². The number of halogens is 3. The predicted molar refractivity (Wildman–Crippen MR) is 73.6 cm³/mol. The average Bonchev–Trinajstić information content (AvgIpc) is 2.37. The van der Waals surface area contributed by atoms with Crippen molar-refractivity contribution in [3.05, 3.63) is 58.7 Å². The maximum Gasteiger partial charge on any atom is 0.399 e. The Balaban J connectivity index is 2.58. The van der Waals surface area contributed by atoms with Crippen molar-refractivity contribution in [2.45, 2.75) is 25.9 Å². The molecule has 0 unspecified atom stereocenters. The van der Waals surface area contributed by atoms with Gasteiger partial charge in [-0.25, -0.2) is 0 Å². The van der Waals surface area contributed by atoms with Crippen LogP contribution in [0.4, 0.5) is 13.2 Å². The molecule has 0 atom stereocenters. The van der Waals surface area contributed by atoms with Crippen molar-refractivity contribution in [1.82, 2.24) is 0 Å². The van der Waals surface area contributed by atoms with E-state index < -0.39 is 12.1 Å². The molecule has 0 amide bonds. The van der Waals surface area contributed by atoms with E-state index in [1.807, 2.05) is 0 Å². The van der Waals surface area contributed by atoms with Gasteiger partial charge < -0.3 is 10.2 Å². The van der Waals surface area contributed by atoms with Gasteiger partial charge in [0, 0.05) is 0 Å². The highest BCUT2D eigenvalue weighted by molar-refractivity contribution is 5.45. The molecule has 2 aromatic rings. The van der Waals surface area contributed by atoms with E-state index in [-0.39, 0.29) is 22.6 Å². The molecule has 0 aliphatic heterocycles. The van der Waals surface area contributed by atoms with Crippen molar-refractivity contribution >= 4 is 0 Å². The van der Waals surface area contributed by atoms with Crippen molar-refractivity contribution in [3.63, 3.8) is 0 Å². The second kappa shape index (κ2) is 5.31. The summed E-state index contributed by atoms with van der Waals surface area (Å²) in [7, 11) is 0. The van der Waals surface area contributed by atoms with Crippen LogP contribution in [0.25, 0.3) is 0 Å². The van der Waals surface area contributed by atoms with Gasteiger partial charge in [0.1, 0.15) is 17.4 Å². The Morgan fingerprint density at radius 2 is 1.19 bits per heavy atom. The lowest BCUT2D eigenvalue weighted by Crippen LogP contribution is -2.22. The monoisotopic (exact) mass is 296 g/mol. The molecule has 112 valence electrons. The summed E-state index contributed by atoms with van der Waals surface area (Å²) in [5.74, 6) is -2.26. The number of benzene rings is 2. The number of aryl methyl sites for hydroxylation is 2. The molecule has 2 aromatic carbocycles. The van der Waals surface area contributed by atoms with Gasteiger partial charge in [-0.3, -0.25) is 0 Å². The van der Waals surface area contributed by atoms with Crippen LogP contribution in [0.1, 0.15) is 28.2 Å². The standard InChI is InChI=1S/C16H15F3O2/c1-9-3-5-11(7-13(9)20)15(16(17,18)19)12-6-4-10(2)14(21)8-12/h3-8,15,20-21H,1-2H3. The van der Waals surface area contributed by atoms with Gasteiger partial charge in [-0.15, -0.1) is 0 Å². The van der Waals surface area contributed by atoms with E-state index in [1.54, 1.807) is 13.8 Å². The number of aromatic hydroxyl groups is 2. The second-order valence-corrected chi connectivity index (χ2v) is 5.07. The van der Waals surface area contributed by atoms with Crippen LogP contribution in [-0.4, -0.2) is 16.4 Å².